The van der Waals surface area contributed by atoms with E-state index >= 15 is 0 Å². The fourth-order valence-electron chi connectivity index (χ4n) is 7.95. The van der Waals surface area contributed by atoms with Crippen LogP contribution in [0.25, 0.3) is 33.4 Å². The van der Waals surface area contributed by atoms with Gasteiger partial charge < -0.3 is 4.90 Å². The second-order valence-corrected chi connectivity index (χ2v) is 12.9. The van der Waals surface area contributed by atoms with Gasteiger partial charge in [0.1, 0.15) is 0 Å². The van der Waals surface area contributed by atoms with Crippen molar-refractivity contribution in [3.05, 3.63) is 235 Å². The third-order valence-electron chi connectivity index (χ3n) is 10.2. The van der Waals surface area contributed by atoms with E-state index in [0.29, 0.717) is 0 Å². The minimum absolute atomic E-state index is 0.468. The van der Waals surface area contributed by atoms with Crippen molar-refractivity contribution in [3.8, 4) is 33.4 Å². The number of benzene rings is 8. The summed E-state index contributed by atoms with van der Waals surface area (Å²) in [5, 5.41) is 0. The first kappa shape index (κ1) is 29.7. The molecule has 9 rings (SSSR count). The van der Waals surface area contributed by atoms with E-state index in [0.717, 1.165) is 17.1 Å². The maximum atomic E-state index is 2.44. The van der Waals surface area contributed by atoms with Gasteiger partial charge >= 0.3 is 0 Å². The molecule has 1 nitrogen and oxygen atoms in total. The predicted molar refractivity (Wildman–Crippen MR) is 209 cm³/mol. The van der Waals surface area contributed by atoms with Gasteiger partial charge in [-0.05, 0) is 80.4 Å². The summed E-state index contributed by atoms with van der Waals surface area (Å²) in [5.74, 6) is 0. The van der Waals surface area contributed by atoms with Gasteiger partial charge in [-0.15, -0.1) is 0 Å². The summed E-state index contributed by atoms with van der Waals surface area (Å²) in [6.07, 6.45) is 0. The van der Waals surface area contributed by atoms with Crippen LogP contribution in [-0.2, 0) is 5.41 Å². The summed E-state index contributed by atoms with van der Waals surface area (Å²) in [6.45, 7) is 0. The molecule has 0 radical (unpaired) electrons. The number of anilines is 3. The zero-order valence-corrected chi connectivity index (χ0v) is 27.7. The second kappa shape index (κ2) is 12.5. The third kappa shape index (κ3) is 4.86. The van der Waals surface area contributed by atoms with E-state index in [1.165, 1.54) is 55.6 Å². The van der Waals surface area contributed by atoms with Crippen molar-refractivity contribution in [2.45, 2.75) is 5.41 Å². The second-order valence-electron chi connectivity index (χ2n) is 12.9. The van der Waals surface area contributed by atoms with Crippen LogP contribution in [0.2, 0.25) is 0 Å². The van der Waals surface area contributed by atoms with E-state index in [-0.39, 0.29) is 0 Å². The molecule has 0 amide bonds. The van der Waals surface area contributed by atoms with Crippen LogP contribution in [0.15, 0.2) is 212 Å². The molecule has 0 spiro atoms. The molecule has 0 saturated carbocycles. The number of hydrogen-bond acceptors (Lipinski definition) is 1. The lowest BCUT2D eigenvalue weighted by atomic mass is 9.68. The first-order chi connectivity index (χ1) is 24.8. The van der Waals surface area contributed by atoms with Crippen molar-refractivity contribution in [1.82, 2.24) is 0 Å². The van der Waals surface area contributed by atoms with Crippen LogP contribution in [0.5, 0.6) is 0 Å². The Kier molecular flexibility index (Phi) is 7.44. The summed E-state index contributed by atoms with van der Waals surface area (Å²) in [4.78, 5) is 2.44. The van der Waals surface area contributed by atoms with Crippen molar-refractivity contribution >= 4 is 17.1 Å². The molecule has 0 aromatic heterocycles. The fraction of sp³-hybridized carbons (Fsp3) is 0.0204. The Morgan fingerprint density at radius 3 is 1.20 bits per heavy atom. The number of nitrogens with zero attached hydrogens (tertiary/aromatic N) is 1. The van der Waals surface area contributed by atoms with Gasteiger partial charge in [0.15, 0.2) is 0 Å². The van der Waals surface area contributed by atoms with Gasteiger partial charge in [-0.3, -0.25) is 0 Å². The molecule has 0 heterocycles. The molecule has 0 saturated heterocycles. The summed E-state index contributed by atoms with van der Waals surface area (Å²) in [5.41, 5.74) is 15.4. The smallest absolute Gasteiger partial charge is 0.0714 e. The summed E-state index contributed by atoms with van der Waals surface area (Å²) in [6, 6.07) is 77.1. The largest absolute Gasteiger partial charge is 0.310 e. The Morgan fingerprint density at radius 2 is 0.700 bits per heavy atom. The van der Waals surface area contributed by atoms with Crippen molar-refractivity contribution < 1.29 is 0 Å². The molecule has 0 N–H and O–H groups in total. The highest BCUT2D eigenvalue weighted by atomic mass is 15.1. The van der Waals surface area contributed by atoms with E-state index in [9.17, 15) is 0 Å². The van der Waals surface area contributed by atoms with Gasteiger partial charge in [0.05, 0.1) is 11.1 Å². The topological polar surface area (TPSA) is 3.24 Å². The number of rotatable bonds is 7. The normalized spacial score (nSPS) is 12.6. The average Bonchev–Trinajstić information content (AvgIpc) is 3.52. The van der Waals surface area contributed by atoms with Crippen LogP contribution in [0, 0.1) is 0 Å². The molecule has 50 heavy (non-hydrogen) atoms. The highest BCUT2D eigenvalue weighted by Crippen LogP contribution is 2.59. The Labute approximate surface area is 294 Å². The quantitative estimate of drug-likeness (QED) is 0.168. The van der Waals surface area contributed by atoms with Crippen LogP contribution in [0.1, 0.15) is 22.3 Å². The minimum atomic E-state index is -0.468. The van der Waals surface area contributed by atoms with Crippen LogP contribution >= 0.6 is 0 Å². The first-order valence-corrected chi connectivity index (χ1v) is 17.3. The third-order valence-corrected chi connectivity index (χ3v) is 10.2. The van der Waals surface area contributed by atoms with Crippen LogP contribution in [0.3, 0.4) is 0 Å². The van der Waals surface area contributed by atoms with Gasteiger partial charge in [0.2, 0.25) is 0 Å². The average molecular weight is 638 g/mol. The van der Waals surface area contributed by atoms with E-state index in [2.05, 4.69) is 217 Å². The van der Waals surface area contributed by atoms with Gasteiger partial charge in [-0.1, -0.05) is 182 Å². The summed E-state index contributed by atoms with van der Waals surface area (Å²) >= 11 is 0. The van der Waals surface area contributed by atoms with E-state index < -0.39 is 5.41 Å². The van der Waals surface area contributed by atoms with Crippen molar-refractivity contribution in [2.24, 2.45) is 0 Å². The fourth-order valence-corrected chi connectivity index (χ4v) is 7.95. The molecule has 0 unspecified atom stereocenters. The standard InChI is InChI=1S/C49H35N/c1-5-16-36(17-6-1)38-28-32-42(33-29-38)50(43-34-30-39(31-35-43)37-18-7-2-8-19-37)47-27-15-26-46-48(47)44-24-13-14-25-45(44)49(46,40-20-9-3-10-21-40)41-22-11-4-12-23-41/h1-35H. The molecule has 0 bridgehead atoms. The molecule has 1 heteroatoms. The minimum Gasteiger partial charge on any atom is -0.310 e. The van der Waals surface area contributed by atoms with E-state index in [4.69, 9.17) is 0 Å². The molecule has 0 atom stereocenters. The van der Waals surface area contributed by atoms with Gasteiger partial charge in [0.25, 0.3) is 0 Å². The molecule has 0 fully saturated rings. The first-order valence-electron chi connectivity index (χ1n) is 17.3. The Morgan fingerprint density at radius 1 is 0.300 bits per heavy atom. The molecule has 236 valence electrons. The van der Waals surface area contributed by atoms with Gasteiger partial charge in [-0.2, -0.15) is 0 Å². The molecular weight excluding hydrogens is 603 g/mol. The van der Waals surface area contributed by atoms with E-state index in [1.807, 2.05) is 0 Å². The molecule has 0 aliphatic heterocycles. The zero-order valence-electron chi connectivity index (χ0n) is 27.7. The lowest BCUT2D eigenvalue weighted by Gasteiger charge is -2.34. The van der Waals surface area contributed by atoms with Crippen LogP contribution < -0.4 is 4.90 Å². The molecule has 8 aromatic rings. The molecule has 1 aliphatic rings. The summed E-state index contributed by atoms with van der Waals surface area (Å²) < 4.78 is 0. The lowest BCUT2D eigenvalue weighted by Crippen LogP contribution is -2.28. The van der Waals surface area contributed by atoms with Crippen molar-refractivity contribution in [1.29, 1.82) is 0 Å². The van der Waals surface area contributed by atoms with Crippen molar-refractivity contribution in [3.63, 3.8) is 0 Å². The van der Waals surface area contributed by atoms with Crippen LogP contribution in [0.4, 0.5) is 17.1 Å². The Balaban J connectivity index is 1.29. The molecule has 1 aliphatic carbocycles. The highest BCUT2D eigenvalue weighted by Gasteiger charge is 2.47. The Bertz CT molecular complexity index is 2260. The maximum Gasteiger partial charge on any atom is 0.0714 e. The Hall–Kier alpha value is -6.44. The number of hydrogen-bond donors (Lipinski definition) is 0. The lowest BCUT2D eigenvalue weighted by molar-refractivity contribution is 0.768. The molecule has 8 aromatic carbocycles. The van der Waals surface area contributed by atoms with E-state index in [1.54, 1.807) is 0 Å². The van der Waals surface area contributed by atoms with Crippen LogP contribution in [-0.4, -0.2) is 0 Å². The van der Waals surface area contributed by atoms with Gasteiger partial charge in [0, 0.05) is 16.9 Å². The maximum absolute atomic E-state index is 2.44. The SMILES string of the molecule is c1ccc(-c2ccc(N(c3ccc(-c4ccccc4)cc3)c3cccc4c3-c3ccccc3C4(c3ccccc3)c3ccccc3)cc2)cc1. The van der Waals surface area contributed by atoms with Crippen molar-refractivity contribution in [2.75, 3.05) is 4.90 Å². The highest BCUT2D eigenvalue weighted by molar-refractivity contribution is 5.97. The monoisotopic (exact) mass is 637 g/mol. The molecular formula is C49H35N. The zero-order chi connectivity index (χ0) is 33.3. The predicted octanol–water partition coefficient (Wildman–Crippen LogP) is 12.9. The van der Waals surface area contributed by atoms with Gasteiger partial charge in [-0.25, -0.2) is 0 Å². The summed E-state index contributed by atoms with van der Waals surface area (Å²) in [7, 11) is 0. The number of fused-ring (bicyclic) bond motifs is 3.